The minimum Gasteiger partial charge on any atom is -0.429 e. The Bertz CT molecular complexity index is 1130. The van der Waals surface area contributed by atoms with Crippen LogP contribution in [0.1, 0.15) is 0 Å². The summed E-state index contributed by atoms with van der Waals surface area (Å²) in [4.78, 5) is 21.2. The van der Waals surface area contributed by atoms with Crippen LogP contribution in [0.4, 0.5) is 0 Å². The van der Waals surface area contributed by atoms with Crippen molar-refractivity contribution in [3.05, 3.63) is 72.8 Å². The lowest BCUT2D eigenvalue weighted by Gasteiger charge is -2.12. The van der Waals surface area contributed by atoms with E-state index in [2.05, 4.69) is 0 Å². The van der Waals surface area contributed by atoms with Crippen LogP contribution in [0.5, 0.6) is 11.5 Å². The Hall–Kier alpha value is -3.66. The average Bonchev–Trinajstić information content (AvgIpc) is 2.67. The molecule has 0 atom stereocenters. The Balaban J connectivity index is 1.96. The van der Waals surface area contributed by atoms with Crippen LogP contribution in [0, 0.1) is 0 Å². The second-order valence-electron chi connectivity index (χ2n) is 5.81. The fourth-order valence-corrected chi connectivity index (χ4v) is 3.24. The Morgan fingerprint density at radius 3 is 1.92 bits per heavy atom. The van der Waals surface area contributed by atoms with Gasteiger partial charge in [0, 0.05) is 0 Å². The van der Waals surface area contributed by atoms with Crippen molar-refractivity contribution < 1.29 is 19.1 Å². The molecule has 0 amide bonds. The van der Waals surface area contributed by atoms with Crippen LogP contribution in [0.15, 0.2) is 72.8 Å². The summed E-state index contributed by atoms with van der Waals surface area (Å²) >= 11 is 0. The van der Waals surface area contributed by atoms with Crippen molar-refractivity contribution >= 4 is 34.5 Å². The molecular weight excluding hydrogens is 328 g/mol. The molecule has 0 N–H and O–H groups in total. The highest BCUT2D eigenvalue weighted by Crippen LogP contribution is 2.36. The maximum Gasteiger partial charge on any atom is 0.298 e. The van der Waals surface area contributed by atoms with Gasteiger partial charge in [-0.15, -0.1) is 0 Å². The van der Waals surface area contributed by atoms with Crippen LogP contribution in [0.25, 0.3) is 32.7 Å². The Morgan fingerprint density at radius 1 is 0.577 bits per heavy atom. The van der Waals surface area contributed by atoms with E-state index in [1.807, 2.05) is 60.7 Å². The van der Waals surface area contributed by atoms with Crippen molar-refractivity contribution in [2.75, 3.05) is 0 Å². The molecule has 0 aliphatic rings. The van der Waals surface area contributed by atoms with Crippen molar-refractivity contribution in [1.82, 2.24) is 0 Å². The van der Waals surface area contributed by atoms with Gasteiger partial charge in [-0.05, 0) is 56.9 Å². The molecule has 0 saturated heterocycles. The summed E-state index contributed by atoms with van der Waals surface area (Å²) in [5.41, 5.74) is 2.09. The van der Waals surface area contributed by atoms with Crippen molar-refractivity contribution in [3.8, 4) is 22.6 Å². The van der Waals surface area contributed by atoms with E-state index in [0.717, 1.165) is 32.7 Å². The fraction of sp³-hybridized carbons (Fsp3) is 0. The third-order valence-electron chi connectivity index (χ3n) is 4.36. The summed E-state index contributed by atoms with van der Waals surface area (Å²) in [5, 5.41) is 4.06. The van der Waals surface area contributed by atoms with Crippen molar-refractivity contribution in [2.45, 2.75) is 0 Å². The lowest BCUT2D eigenvalue weighted by atomic mass is 9.94. The zero-order chi connectivity index (χ0) is 17.9. The summed E-state index contributed by atoms with van der Waals surface area (Å²) in [6.07, 6.45) is 0. The van der Waals surface area contributed by atoms with E-state index in [0.29, 0.717) is 24.4 Å². The van der Waals surface area contributed by atoms with E-state index >= 15 is 0 Å². The van der Waals surface area contributed by atoms with E-state index in [1.165, 1.54) is 0 Å². The third-order valence-corrected chi connectivity index (χ3v) is 4.36. The molecule has 4 aromatic rings. The summed E-state index contributed by atoms with van der Waals surface area (Å²) in [5.74, 6) is 1.01. The van der Waals surface area contributed by atoms with E-state index in [9.17, 15) is 9.59 Å². The lowest BCUT2D eigenvalue weighted by molar-refractivity contribution is -0.121. The molecule has 4 aromatic carbocycles. The number of ether oxygens (including phenoxy) is 2. The second kappa shape index (κ2) is 6.69. The first-order chi connectivity index (χ1) is 12.8. The molecule has 0 aliphatic heterocycles. The predicted molar refractivity (Wildman–Crippen MR) is 100 cm³/mol. The molecule has 4 rings (SSSR count). The molecule has 0 fully saturated rings. The monoisotopic (exact) mass is 342 g/mol. The summed E-state index contributed by atoms with van der Waals surface area (Å²) in [6.45, 7) is 0.848. The maximum absolute atomic E-state index is 10.7. The van der Waals surface area contributed by atoms with Gasteiger partial charge in [-0.25, -0.2) is 0 Å². The number of benzene rings is 4. The van der Waals surface area contributed by atoms with Gasteiger partial charge in [-0.3, -0.25) is 9.59 Å². The van der Waals surface area contributed by atoms with Gasteiger partial charge in [0.15, 0.2) is 0 Å². The number of carbonyl (C=O) groups excluding carboxylic acids is 2. The molecule has 4 nitrogen and oxygen atoms in total. The van der Waals surface area contributed by atoms with Gasteiger partial charge in [-0.1, -0.05) is 48.5 Å². The topological polar surface area (TPSA) is 52.6 Å². The first-order valence-corrected chi connectivity index (χ1v) is 8.07. The van der Waals surface area contributed by atoms with Crippen molar-refractivity contribution in [3.63, 3.8) is 0 Å². The minimum atomic E-state index is 0.421. The van der Waals surface area contributed by atoms with Crippen molar-refractivity contribution in [2.24, 2.45) is 0 Å². The molecule has 0 bridgehead atoms. The fourth-order valence-electron chi connectivity index (χ4n) is 3.24. The van der Waals surface area contributed by atoms with Gasteiger partial charge in [0.25, 0.3) is 12.9 Å². The molecule has 126 valence electrons. The minimum absolute atomic E-state index is 0.421. The molecule has 0 unspecified atom stereocenters. The SMILES string of the molecule is O=COc1ccc2c(-c3cccc4ccc(OC=O)cc34)cccc2c1. The summed E-state index contributed by atoms with van der Waals surface area (Å²) in [6, 6.07) is 23.1. The first-order valence-electron chi connectivity index (χ1n) is 8.07. The number of rotatable bonds is 5. The summed E-state index contributed by atoms with van der Waals surface area (Å²) in [7, 11) is 0. The smallest absolute Gasteiger partial charge is 0.298 e. The van der Waals surface area contributed by atoms with Crippen LogP contribution >= 0.6 is 0 Å². The van der Waals surface area contributed by atoms with Crippen LogP contribution < -0.4 is 9.47 Å². The van der Waals surface area contributed by atoms with Gasteiger partial charge in [-0.2, -0.15) is 0 Å². The molecule has 4 heteroatoms. The normalized spacial score (nSPS) is 10.6. The molecule has 0 aliphatic carbocycles. The molecular formula is C22H14O4. The lowest BCUT2D eigenvalue weighted by Crippen LogP contribution is -1.90. The van der Waals surface area contributed by atoms with Gasteiger partial charge in [0.2, 0.25) is 0 Å². The Kier molecular flexibility index (Phi) is 4.07. The second-order valence-corrected chi connectivity index (χ2v) is 5.81. The van der Waals surface area contributed by atoms with Crippen LogP contribution in [-0.2, 0) is 9.59 Å². The molecule has 0 spiro atoms. The number of fused-ring (bicyclic) bond motifs is 2. The number of carbonyl (C=O) groups is 2. The zero-order valence-corrected chi connectivity index (χ0v) is 13.7. The molecule has 26 heavy (non-hydrogen) atoms. The van der Waals surface area contributed by atoms with Gasteiger partial charge < -0.3 is 9.47 Å². The van der Waals surface area contributed by atoms with E-state index in [4.69, 9.17) is 9.47 Å². The Morgan fingerprint density at radius 2 is 1.19 bits per heavy atom. The van der Waals surface area contributed by atoms with E-state index in [1.54, 1.807) is 12.1 Å². The standard InChI is InChI=1S/C22H14O4/c23-13-25-17-9-10-19-16(11-17)4-2-5-20(19)21-6-1-3-15-7-8-18(26-14-24)12-22(15)21/h1-14H. The van der Waals surface area contributed by atoms with Crippen LogP contribution in [0.3, 0.4) is 0 Å². The average molecular weight is 342 g/mol. The maximum atomic E-state index is 10.7. The molecule has 0 aromatic heterocycles. The van der Waals surface area contributed by atoms with E-state index in [-0.39, 0.29) is 0 Å². The quantitative estimate of drug-likeness (QED) is 0.492. The molecule has 0 heterocycles. The highest BCUT2D eigenvalue weighted by atomic mass is 16.5. The van der Waals surface area contributed by atoms with E-state index < -0.39 is 0 Å². The third kappa shape index (κ3) is 2.78. The largest absolute Gasteiger partial charge is 0.429 e. The van der Waals surface area contributed by atoms with Crippen LogP contribution in [0.2, 0.25) is 0 Å². The van der Waals surface area contributed by atoms with Crippen LogP contribution in [-0.4, -0.2) is 12.9 Å². The van der Waals surface area contributed by atoms with Crippen molar-refractivity contribution in [1.29, 1.82) is 0 Å². The van der Waals surface area contributed by atoms with Gasteiger partial charge in [0.05, 0.1) is 0 Å². The number of hydrogen-bond donors (Lipinski definition) is 0. The zero-order valence-electron chi connectivity index (χ0n) is 13.7. The summed E-state index contributed by atoms with van der Waals surface area (Å²) < 4.78 is 9.95. The highest BCUT2D eigenvalue weighted by molar-refractivity contribution is 6.06. The highest BCUT2D eigenvalue weighted by Gasteiger charge is 2.09. The predicted octanol–water partition coefficient (Wildman–Crippen LogP) is 4.73. The van der Waals surface area contributed by atoms with Gasteiger partial charge >= 0.3 is 0 Å². The molecule has 0 radical (unpaired) electrons. The first kappa shape index (κ1) is 15.8. The molecule has 0 saturated carbocycles. The Labute approximate surface area is 149 Å². The van der Waals surface area contributed by atoms with Gasteiger partial charge in [0.1, 0.15) is 11.5 Å². The number of hydrogen-bond acceptors (Lipinski definition) is 4.